The first-order valence-corrected chi connectivity index (χ1v) is 10.9. The molecule has 0 atom stereocenters. The molecule has 5 rings (SSSR count). The molecule has 3 aromatic rings. The Kier molecular flexibility index (Phi) is 4.17. The van der Waals surface area contributed by atoms with E-state index >= 15 is 0 Å². The molecule has 1 aliphatic heterocycles. The molecule has 2 aromatic carbocycles. The predicted octanol–water partition coefficient (Wildman–Crippen LogP) is 5.44. The summed E-state index contributed by atoms with van der Waals surface area (Å²) in [4.78, 5) is 17.1. The maximum absolute atomic E-state index is 12.5. The summed E-state index contributed by atoms with van der Waals surface area (Å²) >= 11 is 3.94. The number of fused-ring (bicyclic) bond motifs is 1. The molecule has 1 saturated heterocycles. The number of hydrogen-bond acceptors (Lipinski definition) is 5. The van der Waals surface area contributed by atoms with E-state index < -0.39 is 0 Å². The van der Waals surface area contributed by atoms with E-state index in [-0.39, 0.29) is 5.91 Å². The minimum Gasteiger partial charge on any atom is -0.440 e. The zero-order valence-corrected chi connectivity index (χ0v) is 15.7. The first-order valence-electron chi connectivity index (χ1n) is 8.81. The van der Waals surface area contributed by atoms with Gasteiger partial charge in [0.2, 0.25) is 0 Å². The van der Waals surface area contributed by atoms with Gasteiger partial charge in [-0.3, -0.25) is 4.79 Å². The van der Waals surface area contributed by atoms with Gasteiger partial charge in [0.05, 0.1) is 4.58 Å². The van der Waals surface area contributed by atoms with Gasteiger partial charge in [-0.05, 0) is 48.7 Å². The first-order chi connectivity index (χ1) is 12.8. The zero-order valence-electron chi connectivity index (χ0n) is 14.1. The molecular formula is C20H18N2O2S2. The molecule has 2 heterocycles. The second kappa shape index (κ2) is 6.67. The Balaban J connectivity index is 1.31. The molecule has 1 amide bonds. The SMILES string of the molecule is O=C(Nc1ccc2oc(C3CC3)nc2c1)c1ccc(C2SCCS2)cc1. The Hall–Kier alpha value is -1.92. The predicted molar refractivity (Wildman–Crippen MR) is 108 cm³/mol. The summed E-state index contributed by atoms with van der Waals surface area (Å²) < 4.78 is 6.27. The molecule has 26 heavy (non-hydrogen) atoms. The van der Waals surface area contributed by atoms with Crippen molar-refractivity contribution in [3.63, 3.8) is 0 Å². The van der Waals surface area contributed by atoms with Crippen LogP contribution in [0.1, 0.15) is 45.2 Å². The number of carbonyl (C=O) groups is 1. The molecule has 2 aliphatic rings. The van der Waals surface area contributed by atoms with Crippen LogP contribution >= 0.6 is 23.5 Å². The average Bonchev–Trinajstić information content (AvgIpc) is 3.20. The normalized spacial score (nSPS) is 17.7. The van der Waals surface area contributed by atoms with Crippen LogP contribution in [0.15, 0.2) is 46.9 Å². The van der Waals surface area contributed by atoms with E-state index in [1.807, 2.05) is 53.9 Å². The van der Waals surface area contributed by atoms with E-state index in [9.17, 15) is 4.79 Å². The van der Waals surface area contributed by atoms with Crippen molar-refractivity contribution in [2.45, 2.75) is 23.3 Å². The minimum atomic E-state index is -0.103. The number of oxazole rings is 1. The fourth-order valence-electron chi connectivity index (χ4n) is 3.07. The molecule has 0 unspecified atom stereocenters. The van der Waals surface area contributed by atoms with Gasteiger partial charge in [-0.1, -0.05) is 12.1 Å². The Labute approximate surface area is 160 Å². The van der Waals surface area contributed by atoms with Crippen LogP contribution in [0.3, 0.4) is 0 Å². The minimum absolute atomic E-state index is 0.103. The van der Waals surface area contributed by atoms with E-state index in [1.54, 1.807) is 0 Å². The molecule has 4 nitrogen and oxygen atoms in total. The van der Waals surface area contributed by atoms with Crippen LogP contribution in [-0.2, 0) is 0 Å². The van der Waals surface area contributed by atoms with Crippen LogP contribution in [-0.4, -0.2) is 22.4 Å². The van der Waals surface area contributed by atoms with Gasteiger partial charge in [-0.2, -0.15) is 0 Å². The second-order valence-corrected chi connectivity index (χ2v) is 9.38. The van der Waals surface area contributed by atoms with Crippen molar-refractivity contribution in [1.29, 1.82) is 0 Å². The first kappa shape index (κ1) is 16.3. The van der Waals surface area contributed by atoms with Gasteiger partial charge in [0.1, 0.15) is 5.52 Å². The number of hydrogen-bond donors (Lipinski definition) is 1. The summed E-state index contributed by atoms with van der Waals surface area (Å²) in [6, 6.07) is 13.6. The topological polar surface area (TPSA) is 55.1 Å². The molecule has 1 N–H and O–H groups in total. The van der Waals surface area contributed by atoms with Crippen molar-refractivity contribution < 1.29 is 9.21 Å². The third-order valence-corrected chi connectivity index (χ3v) is 7.76. The van der Waals surface area contributed by atoms with Crippen LogP contribution < -0.4 is 5.32 Å². The Morgan fingerprint density at radius 3 is 2.58 bits per heavy atom. The Morgan fingerprint density at radius 1 is 1.08 bits per heavy atom. The summed E-state index contributed by atoms with van der Waals surface area (Å²) in [5.41, 5.74) is 4.27. The number of amides is 1. The van der Waals surface area contributed by atoms with Gasteiger partial charge in [0.25, 0.3) is 5.91 Å². The van der Waals surface area contributed by atoms with Gasteiger partial charge >= 0.3 is 0 Å². The van der Waals surface area contributed by atoms with E-state index in [0.717, 1.165) is 35.5 Å². The van der Waals surface area contributed by atoms with Crippen molar-refractivity contribution in [3.05, 3.63) is 59.5 Å². The van der Waals surface area contributed by atoms with Crippen LogP contribution in [0, 0.1) is 0 Å². The maximum atomic E-state index is 12.5. The molecule has 0 spiro atoms. The van der Waals surface area contributed by atoms with Crippen LogP contribution in [0.4, 0.5) is 5.69 Å². The lowest BCUT2D eigenvalue weighted by Crippen LogP contribution is -2.11. The standard InChI is InChI=1S/C20H18N2O2S2/c23-18(12-1-5-14(6-2-12)20-25-9-10-26-20)21-15-7-8-17-16(11-15)22-19(24-17)13-3-4-13/h1-2,5-8,11,13,20H,3-4,9-10H2,(H,21,23). The number of nitrogens with zero attached hydrogens (tertiary/aromatic N) is 1. The van der Waals surface area contributed by atoms with Crippen LogP contribution in [0.5, 0.6) is 0 Å². The lowest BCUT2D eigenvalue weighted by atomic mass is 10.1. The van der Waals surface area contributed by atoms with E-state index in [1.165, 1.54) is 17.1 Å². The molecule has 0 radical (unpaired) electrons. The average molecular weight is 383 g/mol. The fraction of sp³-hybridized carbons (Fsp3) is 0.300. The Bertz CT molecular complexity index is 958. The Morgan fingerprint density at radius 2 is 1.85 bits per heavy atom. The molecule has 1 aliphatic carbocycles. The summed E-state index contributed by atoms with van der Waals surface area (Å²) in [6.07, 6.45) is 2.31. The van der Waals surface area contributed by atoms with Crippen molar-refractivity contribution in [3.8, 4) is 0 Å². The molecule has 2 fully saturated rings. The monoisotopic (exact) mass is 382 g/mol. The number of benzene rings is 2. The summed E-state index contributed by atoms with van der Waals surface area (Å²) in [7, 11) is 0. The molecule has 132 valence electrons. The summed E-state index contributed by atoms with van der Waals surface area (Å²) in [5, 5.41) is 2.96. The lowest BCUT2D eigenvalue weighted by molar-refractivity contribution is 0.102. The molecular weight excluding hydrogens is 364 g/mol. The molecule has 1 aromatic heterocycles. The lowest BCUT2D eigenvalue weighted by Gasteiger charge is -2.09. The van der Waals surface area contributed by atoms with Crippen LogP contribution in [0.2, 0.25) is 0 Å². The van der Waals surface area contributed by atoms with Gasteiger partial charge in [0.15, 0.2) is 11.5 Å². The number of aromatic nitrogens is 1. The van der Waals surface area contributed by atoms with Gasteiger partial charge in [0, 0.05) is 28.7 Å². The largest absolute Gasteiger partial charge is 0.440 e. The van der Waals surface area contributed by atoms with Crippen molar-refractivity contribution >= 4 is 46.2 Å². The number of thioether (sulfide) groups is 2. The highest BCUT2D eigenvalue weighted by molar-refractivity contribution is 8.19. The summed E-state index contributed by atoms with van der Waals surface area (Å²) in [5.74, 6) is 3.60. The third kappa shape index (κ3) is 3.23. The number of anilines is 1. The van der Waals surface area contributed by atoms with Crippen molar-refractivity contribution in [1.82, 2.24) is 4.98 Å². The third-order valence-electron chi connectivity index (χ3n) is 4.66. The fourth-order valence-corrected chi connectivity index (χ4v) is 5.93. The van der Waals surface area contributed by atoms with Crippen molar-refractivity contribution in [2.24, 2.45) is 0 Å². The number of nitrogens with one attached hydrogen (secondary N) is 1. The smallest absolute Gasteiger partial charge is 0.255 e. The van der Waals surface area contributed by atoms with Crippen LogP contribution in [0.25, 0.3) is 11.1 Å². The van der Waals surface area contributed by atoms with Gasteiger partial charge in [-0.25, -0.2) is 4.98 Å². The van der Waals surface area contributed by atoms with E-state index in [0.29, 0.717) is 16.1 Å². The number of carbonyl (C=O) groups excluding carboxylic acids is 1. The summed E-state index contributed by atoms with van der Waals surface area (Å²) in [6.45, 7) is 0. The van der Waals surface area contributed by atoms with Crippen molar-refractivity contribution in [2.75, 3.05) is 16.8 Å². The highest BCUT2D eigenvalue weighted by atomic mass is 32.2. The zero-order chi connectivity index (χ0) is 17.5. The maximum Gasteiger partial charge on any atom is 0.255 e. The highest BCUT2D eigenvalue weighted by Crippen LogP contribution is 2.45. The number of rotatable bonds is 4. The van der Waals surface area contributed by atoms with E-state index in [4.69, 9.17) is 4.42 Å². The molecule has 0 bridgehead atoms. The quantitative estimate of drug-likeness (QED) is 0.651. The van der Waals surface area contributed by atoms with E-state index in [2.05, 4.69) is 22.4 Å². The second-order valence-electron chi connectivity index (χ2n) is 6.66. The molecule has 1 saturated carbocycles. The molecule has 6 heteroatoms. The highest BCUT2D eigenvalue weighted by Gasteiger charge is 2.29. The van der Waals surface area contributed by atoms with Gasteiger partial charge < -0.3 is 9.73 Å². The van der Waals surface area contributed by atoms with Gasteiger partial charge in [-0.15, -0.1) is 23.5 Å².